The largest absolute Gasteiger partial charge is 0.350 e. The Morgan fingerprint density at radius 2 is 2.12 bits per heavy atom. The standard InChI is InChI=1S/C12H12N2OS/c15-11(12-14-8-9-16-12)13-7-6-10-4-2-1-3-5-10/h1-5,8-9H,6-7H2,(H,13,15). The summed E-state index contributed by atoms with van der Waals surface area (Å²) in [6.07, 6.45) is 2.48. The van der Waals surface area contributed by atoms with Crippen LogP contribution in [0.5, 0.6) is 0 Å². The highest BCUT2D eigenvalue weighted by molar-refractivity contribution is 7.11. The number of carbonyl (C=O) groups excluding carboxylic acids is 1. The number of thiazole rings is 1. The van der Waals surface area contributed by atoms with Crippen LogP contribution >= 0.6 is 11.3 Å². The molecule has 0 aliphatic heterocycles. The summed E-state index contributed by atoms with van der Waals surface area (Å²) < 4.78 is 0. The fourth-order valence-corrected chi connectivity index (χ4v) is 1.93. The second-order valence-electron chi connectivity index (χ2n) is 3.33. The van der Waals surface area contributed by atoms with Crippen LogP contribution in [0.4, 0.5) is 0 Å². The van der Waals surface area contributed by atoms with Crippen molar-refractivity contribution >= 4 is 17.2 Å². The van der Waals surface area contributed by atoms with Gasteiger partial charge in [-0.05, 0) is 12.0 Å². The quantitative estimate of drug-likeness (QED) is 0.877. The van der Waals surface area contributed by atoms with Crippen molar-refractivity contribution < 1.29 is 4.79 Å². The highest BCUT2D eigenvalue weighted by atomic mass is 32.1. The van der Waals surface area contributed by atoms with E-state index < -0.39 is 0 Å². The van der Waals surface area contributed by atoms with E-state index in [0.717, 1.165) is 6.42 Å². The van der Waals surface area contributed by atoms with Gasteiger partial charge in [-0.2, -0.15) is 0 Å². The lowest BCUT2D eigenvalue weighted by molar-refractivity contribution is 0.0954. The first-order valence-electron chi connectivity index (χ1n) is 5.08. The summed E-state index contributed by atoms with van der Waals surface area (Å²) in [6, 6.07) is 10.1. The van der Waals surface area contributed by atoms with Crippen molar-refractivity contribution in [3.8, 4) is 0 Å². The number of carbonyl (C=O) groups is 1. The molecule has 2 aromatic rings. The first-order valence-corrected chi connectivity index (χ1v) is 5.96. The molecule has 1 amide bonds. The Balaban J connectivity index is 1.79. The molecule has 16 heavy (non-hydrogen) atoms. The molecule has 0 fully saturated rings. The first-order chi connectivity index (χ1) is 7.86. The molecule has 3 nitrogen and oxygen atoms in total. The molecule has 82 valence electrons. The van der Waals surface area contributed by atoms with Gasteiger partial charge in [-0.15, -0.1) is 11.3 Å². The van der Waals surface area contributed by atoms with Gasteiger partial charge in [-0.25, -0.2) is 4.98 Å². The topological polar surface area (TPSA) is 42.0 Å². The van der Waals surface area contributed by atoms with Gasteiger partial charge in [-0.1, -0.05) is 30.3 Å². The zero-order chi connectivity index (χ0) is 11.2. The molecule has 0 bridgehead atoms. The second-order valence-corrected chi connectivity index (χ2v) is 4.22. The Bertz CT molecular complexity index is 439. The molecule has 0 aliphatic rings. The van der Waals surface area contributed by atoms with Gasteiger partial charge in [0.2, 0.25) is 0 Å². The molecule has 1 aromatic heterocycles. The number of hydrogen-bond acceptors (Lipinski definition) is 3. The summed E-state index contributed by atoms with van der Waals surface area (Å²) in [6.45, 7) is 0.641. The summed E-state index contributed by atoms with van der Waals surface area (Å²) in [4.78, 5) is 15.5. The summed E-state index contributed by atoms with van der Waals surface area (Å²) in [7, 11) is 0. The van der Waals surface area contributed by atoms with Crippen molar-refractivity contribution in [1.82, 2.24) is 10.3 Å². The molecule has 0 spiro atoms. The fourth-order valence-electron chi connectivity index (χ4n) is 1.38. The molecule has 0 saturated carbocycles. The van der Waals surface area contributed by atoms with Crippen molar-refractivity contribution in [3.63, 3.8) is 0 Å². The molecule has 2 rings (SSSR count). The average molecular weight is 232 g/mol. The lowest BCUT2D eigenvalue weighted by atomic mass is 10.1. The average Bonchev–Trinajstić information content (AvgIpc) is 2.84. The van der Waals surface area contributed by atoms with E-state index in [9.17, 15) is 4.79 Å². The van der Waals surface area contributed by atoms with Crippen LogP contribution in [-0.4, -0.2) is 17.4 Å². The minimum atomic E-state index is -0.0917. The number of hydrogen-bond donors (Lipinski definition) is 1. The minimum Gasteiger partial charge on any atom is -0.350 e. The molecule has 0 saturated heterocycles. The highest BCUT2D eigenvalue weighted by Gasteiger charge is 2.06. The molecular formula is C12H12N2OS. The van der Waals surface area contributed by atoms with E-state index in [0.29, 0.717) is 11.6 Å². The lowest BCUT2D eigenvalue weighted by Crippen LogP contribution is -2.25. The molecule has 0 atom stereocenters. The monoisotopic (exact) mass is 232 g/mol. The molecule has 4 heteroatoms. The molecule has 0 unspecified atom stereocenters. The maximum absolute atomic E-state index is 11.5. The molecular weight excluding hydrogens is 220 g/mol. The molecule has 1 heterocycles. The third-order valence-electron chi connectivity index (χ3n) is 2.17. The third kappa shape index (κ3) is 2.90. The van der Waals surface area contributed by atoms with Crippen molar-refractivity contribution in [2.75, 3.05) is 6.54 Å². The SMILES string of the molecule is O=C(NCCc1ccccc1)c1nccs1. The normalized spacial score (nSPS) is 10.0. The van der Waals surface area contributed by atoms with Crippen LogP contribution in [0.25, 0.3) is 0 Å². The smallest absolute Gasteiger partial charge is 0.280 e. The van der Waals surface area contributed by atoms with Crippen molar-refractivity contribution in [2.24, 2.45) is 0 Å². The van der Waals surface area contributed by atoms with Gasteiger partial charge < -0.3 is 5.32 Å². The summed E-state index contributed by atoms with van der Waals surface area (Å²) >= 11 is 1.35. The second kappa shape index (κ2) is 5.42. The van der Waals surface area contributed by atoms with E-state index in [1.54, 1.807) is 11.6 Å². The fraction of sp³-hybridized carbons (Fsp3) is 0.167. The Labute approximate surface area is 98.2 Å². The van der Waals surface area contributed by atoms with E-state index >= 15 is 0 Å². The maximum Gasteiger partial charge on any atom is 0.280 e. The number of benzene rings is 1. The number of rotatable bonds is 4. The van der Waals surface area contributed by atoms with E-state index in [-0.39, 0.29) is 5.91 Å². The Kier molecular flexibility index (Phi) is 3.66. The van der Waals surface area contributed by atoms with Gasteiger partial charge in [0, 0.05) is 18.1 Å². The Hall–Kier alpha value is -1.68. The highest BCUT2D eigenvalue weighted by Crippen LogP contribution is 2.03. The molecule has 0 aliphatic carbocycles. The van der Waals surface area contributed by atoms with E-state index in [1.165, 1.54) is 16.9 Å². The van der Waals surface area contributed by atoms with Crippen LogP contribution in [0.1, 0.15) is 15.4 Å². The molecule has 0 radical (unpaired) electrons. The Morgan fingerprint density at radius 1 is 1.31 bits per heavy atom. The van der Waals surface area contributed by atoms with Gasteiger partial charge in [0.05, 0.1) is 0 Å². The maximum atomic E-state index is 11.5. The number of amides is 1. The van der Waals surface area contributed by atoms with Gasteiger partial charge >= 0.3 is 0 Å². The van der Waals surface area contributed by atoms with Crippen LogP contribution in [-0.2, 0) is 6.42 Å². The molecule has 1 N–H and O–H groups in total. The van der Waals surface area contributed by atoms with Gasteiger partial charge in [0.1, 0.15) is 0 Å². The predicted octanol–water partition coefficient (Wildman–Crippen LogP) is 2.12. The van der Waals surface area contributed by atoms with Gasteiger partial charge in [0.15, 0.2) is 5.01 Å². The molecule has 1 aromatic carbocycles. The van der Waals surface area contributed by atoms with E-state index in [4.69, 9.17) is 0 Å². The number of aromatic nitrogens is 1. The van der Waals surface area contributed by atoms with Gasteiger partial charge in [0.25, 0.3) is 5.91 Å². The van der Waals surface area contributed by atoms with E-state index in [2.05, 4.69) is 22.4 Å². The van der Waals surface area contributed by atoms with Crippen LogP contribution < -0.4 is 5.32 Å². The zero-order valence-corrected chi connectivity index (χ0v) is 9.54. The third-order valence-corrected chi connectivity index (χ3v) is 2.94. The first kappa shape index (κ1) is 10.8. The number of nitrogens with zero attached hydrogens (tertiary/aromatic N) is 1. The van der Waals surface area contributed by atoms with Crippen LogP contribution in [0, 0.1) is 0 Å². The Morgan fingerprint density at radius 3 is 2.81 bits per heavy atom. The van der Waals surface area contributed by atoms with Crippen LogP contribution in [0.2, 0.25) is 0 Å². The van der Waals surface area contributed by atoms with Crippen LogP contribution in [0.3, 0.4) is 0 Å². The summed E-state index contributed by atoms with van der Waals surface area (Å²) in [5.74, 6) is -0.0917. The van der Waals surface area contributed by atoms with E-state index in [1.807, 2.05) is 18.2 Å². The minimum absolute atomic E-state index is 0.0917. The van der Waals surface area contributed by atoms with Crippen molar-refractivity contribution in [3.05, 3.63) is 52.5 Å². The number of nitrogens with one attached hydrogen (secondary N) is 1. The zero-order valence-electron chi connectivity index (χ0n) is 8.72. The predicted molar refractivity (Wildman–Crippen MR) is 64.6 cm³/mol. The van der Waals surface area contributed by atoms with Crippen molar-refractivity contribution in [1.29, 1.82) is 0 Å². The van der Waals surface area contributed by atoms with Crippen LogP contribution in [0.15, 0.2) is 41.9 Å². The summed E-state index contributed by atoms with van der Waals surface area (Å²) in [5, 5.41) is 5.16. The lowest BCUT2D eigenvalue weighted by Gasteiger charge is -2.02. The summed E-state index contributed by atoms with van der Waals surface area (Å²) in [5.41, 5.74) is 1.22. The van der Waals surface area contributed by atoms with Crippen molar-refractivity contribution in [2.45, 2.75) is 6.42 Å². The van der Waals surface area contributed by atoms with Gasteiger partial charge in [-0.3, -0.25) is 4.79 Å².